The SMILES string of the molecule is NCC1(CC(=O)N(Cc2cccs2)C2CC2)CCCCC1. The third-order valence-electron chi connectivity index (χ3n) is 5.09. The smallest absolute Gasteiger partial charge is 0.223 e. The van der Waals surface area contributed by atoms with Crippen LogP contribution in [0.2, 0.25) is 0 Å². The normalized spacial score (nSPS) is 21.2. The molecule has 0 spiro atoms. The third kappa shape index (κ3) is 3.67. The van der Waals surface area contributed by atoms with Gasteiger partial charge in [0.1, 0.15) is 0 Å². The van der Waals surface area contributed by atoms with Crippen LogP contribution in [-0.4, -0.2) is 23.4 Å². The molecule has 2 aliphatic rings. The Hall–Kier alpha value is -0.870. The summed E-state index contributed by atoms with van der Waals surface area (Å²) in [5.41, 5.74) is 6.13. The Kier molecular flexibility index (Phi) is 4.65. The van der Waals surface area contributed by atoms with Crippen molar-refractivity contribution in [1.82, 2.24) is 4.90 Å². The van der Waals surface area contributed by atoms with E-state index < -0.39 is 0 Å². The molecular formula is C17H26N2OS. The second-order valence-electron chi connectivity index (χ2n) is 6.77. The molecule has 1 aromatic heterocycles. The molecule has 1 heterocycles. The molecule has 1 aromatic rings. The second-order valence-corrected chi connectivity index (χ2v) is 7.81. The Morgan fingerprint density at radius 3 is 2.67 bits per heavy atom. The van der Waals surface area contributed by atoms with E-state index in [1.165, 1.54) is 37.0 Å². The molecule has 4 heteroatoms. The Morgan fingerprint density at radius 2 is 2.10 bits per heavy atom. The summed E-state index contributed by atoms with van der Waals surface area (Å²) in [7, 11) is 0. The predicted octanol–water partition coefficient (Wildman–Crippen LogP) is 3.54. The van der Waals surface area contributed by atoms with Crippen molar-refractivity contribution < 1.29 is 4.79 Å². The minimum atomic E-state index is 0.0813. The standard InChI is InChI=1S/C17H26N2OS/c18-13-17(8-2-1-3-9-17)11-16(20)19(14-6-7-14)12-15-5-4-10-21-15/h4-5,10,14H,1-3,6-9,11-13,18H2. The summed E-state index contributed by atoms with van der Waals surface area (Å²) >= 11 is 1.75. The van der Waals surface area contributed by atoms with Gasteiger partial charge in [-0.05, 0) is 49.1 Å². The molecule has 0 aromatic carbocycles. The molecule has 3 rings (SSSR count). The zero-order valence-corrected chi connectivity index (χ0v) is 13.5. The topological polar surface area (TPSA) is 46.3 Å². The molecule has 1 amide bonds. The van der Waals surface area contributed by atoms with Crippen molar-refractivity contribution in [2.24, 2.45) is 11.1 Å². The zero-order chi connectivity index (χ0) is 14.7. The molecule has 2 aliphatic carbocycles. The number of carbonyl (C=O) groups excluding carboxylic acids is 1. The number of hydrogen-bond donors (Lipinski definition) is 1. The fourth-order valence-corrected chi connectivity index (χ4v) is 4.26. The molecule has 2 fully saturated rings. The second kappa shape index (κ2) is 6.49. The van der Waals surface area contributed by atoms with Gasteiger partial charge in [0.15, 0.2) is 0 Å². The van der Waals surface area contributed by atoms with E-state index in [1.54, 1.807) is 11.3 Å². The highest BCUT2D eigenvalue weighted by Crippen LogP contribution is 2.40. The van der Waals surface area contributed by atoms with Gasteiger partial charge in [0.25, 0.3) is 0 Å². The number of nitrogens with zero attached hydrogens (tertiary/aromatic N) is 1. The van der Waals surface area contributed by atoms with Crippen molar-refractivity contribution in [3.63, 3.8) is 0 Å². The van der Waals surface area contributed by atoms with Crippen molar-refractivity contribution in [2.45, 2.75) is 64.0 Å². The molecule has 0 saturated heterocycles. The van der Waals surface area contributed by atoms with Crippen LogP contribution in [0.4, 0.5) is 0 Å². The van der Waals surface area contributed by atoms with E-state index in [4.69, 9.17) is 5.73 Å². The molecule has 2 N–H and O–H groups in total. The van der Waals surface area contributed by atoms with Gasteiger partial charge in [-0.1, -0.05) is 25.3 Å². The fourth-order valence-electron chi connectivity index (χ4n) is 3.55. The average Bonchev–Trinajstić information content (AvgIpc) is 3.22. The Morgan fingerprint density at radius 1 is 1.33 bits per heavy atom. The minimum Gasteiger partial charge on any atom is -0.335 e. The summed E-state index contributed by atoms with van der Waals surface area (Å²) in [5, 5.41) is 2.09. The first kappa shape index (κ1) is 15.0. The van der Waals surface area contributed by atoms with Crippen molar-refractivity contribution in [3.8, 4) is 0 Å². The van der Waals surface area contributed by atoms with Gasteiger partial charge in [-0.15, -0.1) is 11.3 Å². The first-order chi connectivity index (χ1) is 10.2. The van der Waals surface area contributed by atoms with Crippen molar-refractivity contribution in [3.05, 3.63) is 22.4 Å². The van der Waals surface area contributed by atoms with Gasteiger partial charge in [0, 0.05) is 17.3 Å². The van der Waals surface area contributed by atoms with E-state index >= 15 is 0 Å². The minimum absolute atomic E-state index is 0.0813. The summed E-state index contributed by atoms with van der Waals surface area (Å²) in [6.45, 7) is 1.46. The molecule has 0 aliphatic heterocycles. The van der Waals surface area contributed by atoms with E-state index in [-0.39, 0.29) is 5.41 Å². The van der Waals surface area contributed by atoms with Crippen molar-refractivity contribution >= 4 is 17.2 Å². The maximum Gasteiger partial charge on any atom is 0.223 e. The van der Waals surface area contributed by atoms with Gasteiger partial charge in [-0.3, -0.25) is 4.79 Å². The summed E-state index contributed by atoms with van der Waals surface area (Å²) < 4.78 is 0. The lowest BCUT2D eigenvalue weighted by Crippen LogP contribution is -2.41. The highest BCUT2D eigenvalue weighted by molar-refractivity contribution is 7.09. The van der Waals surface area contributed by atoms with Crippen LogP contribution in [0.1, 0.15) is 56.2 Å². The van der Waals surface area contributed by atoms with Crippen molar-refractivity contribution in [2.75, 3.05) is 6.54 Å². The molecule has 0 unspecified atom stereocenters. The monoisotopic (exact) mass is 306 g/mol. The van der Waals surface area contributed by atoms with E-state index in [0.29, 0.717) is 24.9 Å². The molecule has 0 bridgehead atoms. The van der Waals surface area contributed by atoms with E-state index in [9.17, 15) is 4.79 Å². The summed E-state index contributed by atoms with van der Waals surface area (Å²) in [4.78, 5) is 16.3. The number of amides is 1. The predicted molar refractivity (Wildman–Crippen MR) is 87.1 cm³/mol. The molecule has 0 atom stereocenters. The third-order valence-corrected chi connectivity index (χ3v) is 5.95. The number of nitrogens with two attached hydrogens (primary N) is 1. The first-order valence-electron chi connectivity index (χ1n) is 8.24. The van der Waals surface area contributed by atoms with Gasteiger partial charge in [-0.25, -0.2) is 0 Å². The van der Waals surface area contributed by atoms with Crippen LogP contribution in [-0.2, 0) is 11.3 Å². The van der Waals surface area contributed by atoms with Crippen LogP contribution < -0.4 is 5.73 Å². The Balaban J connectivity index is 1.66. The quantitative estimate of drug-likeness (QED) is 0.874. The van der Waals surface area contributed by atoms with Crippen LogP contribution in [0, 0.1) is 5.41 Å². The number of rotatable bonds is 6. The highest BCUT2D eigenvalue weighted by Gasteiger charge is 2.38. The number of carbonyl (C=O) groups is 1. The summed E-state index contributed by atoms with van der Waals surface area (Å²) in [5.74, 6) is 0.332. The van der Waals surface area contributed by atoms with Crippen LogP contribution in [0.25, 0.3) is 0 Å². The fraction of sp³-hybridized carbons (Fsp3) is 0.706. The van der Waals surface area contributed by atoms with Crippen LogP contribution in [0.15, 0.2) is 17.5 Å². The van der Waals surface area contributed by atoms with Gasteiger partial charge in [0.05, 0.1) is 6.54 Å². The Bertz CT molecular complexity index is 461. The van der Waals surface area contributed by atoms with Crippen LogP contribution in [0.5, 0.6) is 0 Å². The lowest BCUT2D eigenvalue weighted by molar-refractivity contribution is -0.135. The zero-order valence-electron chi connectivity index (χ0n) is 12.7. The van der Waals surface area contributed by atoms with Gasteiger partial charge in [-0.2, -0.15) is 0 Å². The number of hydrogen-bond acceptors (Lipinski definition) is 3. The number of thiophene rings is 1. The summed E-state index contributed by atoms with van der Waals surface area (Å²) in [6.07, 6.45) is 9.04. The molecule has 3 nitrogen and oxygen atoms in total. The molecule has 21 heavy (non-hydrogen) atoms. The van der Waals surface area contributed by atoms with E-state index in [1.807, 2.05) is 0 Å². The maximum absolute atomic E-state index is 12.9. The van der Waals surface area contributed by atoms with Crippen molar-refractivity contribution in [1.29, 1.82) is 0 Å². The molecule has 116 valence electrons. The lowest BCUT2D eigenvalue weighted by atomic mass is 9.71. The van der Waals surface area contributed by atoms with Gasteiger partial charge >= 0.3 is 0 Å². The van der Waals surface area contributed by atoms with E-state index in [2.05, 4.69) is 22.4 Å². The molecular weight excluding hydrogens is 280 g/mol. The largest absolute Gasteiger partial charge is 0.335 e. The molecule has 0 radical (unpaired) electrons. The average molecular weight is 306 g/mol. The van der Waals surface area contributed by atoms with E-state index in [0.717, 1.165) is 19.4 Å². The summed E-state index contributed by atoms with van der Waals surface area (Å²) in [6, 6.07) is 4.68. The van der Waals surface area contributed by atoms with Crippen LogP contribution >= 0.6 is 11.3 Å². The lowest BCUT2D eigenvalue weighted by Gasteiger charge is -2.37. The van der Waals surface area contributed by atoms with Crippen LogP contribution in [0.3, 0.4) is 0 Å². The molecule has 2 saturated carbocycles. The van der Waals surface area contributed by atoms with Gasteiger partial charge in [0.2, 0.25) is 5.91 Å². The highest BCUT2D eigenvalue weighted by atomic mass is 32.1. The first-order valence-corrected chi connectivity index (χ1v) is 9.12. The van der Waals surface area contributed by atoms with Gasteiger partial charge < -0.3 is 10.6 Å². The maximum atomic E-state index is 12.9. The Labute approximate surface area is 131 Å².